The molecule has 0 bridgehead atoms. The molecule has 0 N–H and O–H groups in total. The van der Waals surface area contributed by atoms with Crippen LogP contribution in [0.5, 0.6) is 0 Å². The number of quaternary nitrogens is 1. The van der Waals surface area contributed by atoms with Gasteiger partial charge in [-0.15, -0.1) is 0 Å². The molecule has 1 saturated heterocycles. The van der Waals surface area contributed by atoms with Gasteiger partial charge in [0.25, 0.3) is 0 Å². The number of nitrogens with zero attached hydrogens (tertiary/aromatic N) is 1. The maximum Gasteiger partial charge on any atom is 0.102 e. The molecule has 1 fully saturated rings. The Balaban J connectivity index is 0.000000304. The van der Waals surface area contributed by atoms with Crippen molar-refractivity contribution in [2.45, 2.75) is 13.8 Å². The number of rotatable bonds is 3. The van der Waals surface area contributed by atoms with Crippen LogP contribution < -0.4 is 0 Å². The van der Waals surface area contributed by atoms with Gasteiger partial charge in [0.15, 0.2) is 0 Å². The van der Waals surface area contributed by atoms with Crippen molar-refractivity contribution in [2.24, 2.45) is 0 Å². The van der Waals surface area contributed by atoms with Gasteiger partial charge in [-0.1, -0.05) is 12.2 Å². The van der Waals surface area contributed by atoms with E-state index >= 15 is 0 Å². The van der Waals surface area contributed by atoms with Crippen molar-refractivity contribution in [1.82, 2.24) is 0 Å². The standard InChI is InChI=1S/C7H16NO.C4H8O3S/c1-3-8(2)4-6-9-7-5-8;1-2-3-4-8(5,6)7/h3-7H2,1-2H3;2-3H,4H2,1H3,(H,5,6,7)/q+1;/p-1. The lowest BCUT2D eigenvalue weighted by Crippen LogP contribution is -2.51. The lowest BCUT2D eigenvalue weighted by molar-refractivity contribution is -0.915. The molecule has 0 amide bonds. The maximum atomic E-state index is 9.78. The average molecular weight is 265 g/mol. The fraction of sp³-hybridized carbons (Fsp3) is 0.818. The summed E-state index contributed by atoms with van der Waals surface area (Å²) in [5.74, 6) is -0.399. The Labute approximate surface area is 104 Å². The SMILES string of the molecule is CC=CCS(=O)(=O)[O-].CC[N+]1(C)CCOCC1. The van der Waals surface area contributed by atoms with E-state index in [0.717, 1.165) is 13.2 Å². The average Bonchev–Trinajstić information content (AvgIpc) is 2.27. The van der Waals surface area contributed by atoms with Crippen LogP contribution in [0.4, 0.5) is 0 Å². The number of likely N-dealkylation sites (N-methyl/N-ethyl adjacent to an activating group) is 1. The molecule has 0 aromatic heterocycles. The van der Waals surface area contributed by atoms with Crippen molar-refractivity contribution in [2.75, 3.05) is 45.6 Å². The third-order valence-corrected chi connectivity index (χ3v) is 3.45. The normalized spacial score (nSPS) is 19.8. The molecule has 17 heavy (non-hydrogen) atoms. The van der Waals surface area contributed by atoms with Gasteiger partial charge < -0.3 is 13.8 Å². The Morgan fingerprint density at radius 1 is 1.35 bits per heavy atom. The number of morpholine rings is 1. The second kappa shape index (κ2) is 7.81. The fourth-order valence-electron chi connectivity index (χ4n) is 1.31. The summed E-state index contributed by atoms with van der Waals surface area (Å²) in [4.78, 5) is 0. The van der Waals surface area contributed by atoms with Crippen molar-refractivity contribution >= 4 is 10.1 Å². The van der Waals surface area contributed by atoms with Gasteiger partial charge in [0.1, 0.15) is 13.1 Å². The Morgan fingerprint density at radius 2 is 1.88 bits per heavy atom. The minimum Gasteiger partial charge on any atom is -0.748 e. The first-order chi connectivity index (χ1) is 7.83. The summed E-state index contributed by atoms with van der Waals surface area (Å²) in [6, 6.07) is 0. The third kappa shape index (κ3) is 9.29. The summed E-state index contributed by atoms with van der Waals surface area (Å²) >= 11 is 0. The van der Waals surface area contributed by atoms with Gasteiger partial charge in [0.2, 0.25) is 0 Å². The number of hydrogen-bond donors (Lipinski definition) is 0. The molecule has 102 valence electrons. The molecule has 0 aromatic carbocycles. The van der Waals surface area contributed by atoms with Crippen LogP contribution in [0.15, 0.2) is 12.2 Å². The number of allylic oxidation sites excluding steroid dienone is 1. The highest BCUT2D eigenvalue weighted by Crippen LogP contribution is 2.05. The molecule has 6 heteroatoms. The van der Waals surface area contributed by atoms with Crippen LogP contribution in [0, 0.1) is 0 Å². The van der Waals surface area contributed by atoms with Crippen molar-refractivity contribution < 1.29 is 22.2 Å². The third-order valence-electron chi connectivity index (χ3n) is 2.85. The van der Waals surface area contributed by atoms with Gasteiger partial charge in [-0.3, -0.25) is 0 Å². The fourth-order valence-corrected chi connectivity index (χ4v) is 1.74. The minimum absolute atomic E-state index is 0.399. The molecule has 0 aliphatic carbocycles. The summed E-state index contributed by atoms with van der Waals surface area (Å²) in [7, 11) is -1.73. The molecular weight excluding hydrogens is 242 g/mol. The molecule has 0 radical (unpaired) electrons. The molecule has 5 nitrogen and oxygen atoms in total. The first-order valence-electron chi connectivity index (χ1n) is 5.79. The van der Waals surface area contributed by atoms with Gasteiger partial charge in [-0.05, 0) is 13.8 Å². The van der Waals surface area contributed by atoms with Gasteiger partial charge in [0, 0.05) is 0 Å². The molecule has 1 aliphatic heterocycles. The summed E-state index contributed by atoms with van der Waals surface area (Å²) in [6.07, 6.45) is 2.83. The van der Waals surface area contributed by atoms with E-state index in [4.69, 9.17) is 4.74 Å². The number of ether oxygens (including phenoxy) is 1. The minimum atomic E-state index is -4.02. The monoisotopic (exact) mass is 265 g/mol. The van der Waals surface area contributed by atoms with E-state index in [-0.39, 0.29) is 0 Å². The first-order valence-corrected chi connectivity index (χ1v) is 7.37. The maximum absolute atomic E-state index is 9.78. The first kappa shape index (κ1) is 16.6. The molecule has 1 aliphatic rings. The predicted molar refractivity (Wildman–Crippen MR) is 66.7 cm³/mol. The van der Waals surface area contributed by atoms with Crippen molar-refractivity contribution in [3.05, 3.63) is 12.2 Å². The Bertz CT molecular complexity index is 318. The van der Waals surface area contributed by atoms with Crippen LogP contribution in [-0.2, 0) is 14.9 Å². The highest BCUT2D eigenvalue weighted by Gasteiger charge is 2.21. The van der Waals surface area contributed by atoms with Crippen LogP contribution in [-0.4, -0.2) is 63.1 Å². The lowest BCUT2D eigenvalue weighted by Gasteiger charge is -2.36. The predicted octanol–water partition coefficient (Wildman–Crippen LogP) is 0.591. The van der Waals surface area contributed by atoms with E-state index in [1.807, 2.05) is 0 Å². The van der Waals surface area contributed by atoms with Gasteiger partial charge >= 0.3 is 0 Å². The van der Waals surface area contributed by atoms with Crippen molar-refractivity contribution in [3.63, 3.8) is 0 Å². The van der Waals surface area contributed by atoms with E-state index in [2.05, 4.69) is 14.0 Å². The highest BCUT2D eigenvalue weighted by atomic mass is 32.2. The van der Waals surface area contributed by atoms with Crippen LogP contribution in [0.1, 0.15) is 13.8 Å². The molecule has 0 saturated carbocycles. The number of hydrogen-bond acceptors (Lipinski definition) is 4. The highest BCUT2D eigenvalue weighted by molar-refractivity contribution is 7.85. The Morgan fingerprint density at radius 3 is 2.12 bits per heavy atom. The van der Waals surface area contributed by atoms with E-state index in [0.29, 0.717) is 0 Å². The Hall–Kier alpha value is -0.430. The second-order valence-corrected chi connectivity index (χ2v) is 5.74. The van der Waals surface area contributed by atoms with Crippen LogP contribution >= 0.6 is 0 Å². The van der Waals surface area contributed by atoms with E-state index in [9.17, 15) is 13.0 Å². The zero-order chi connectivity index (χ0) is 13.4. The van der Waals surface area contributed by atoms with Crippen molar-refractivity contribution in [1.29, 1.82) is 0 Å². The van der Waals surface area contributed by atoms with E-state index < -0.39 is 15.9 Å². The molecule has 0 spiro atoms. The van der Waals surface area contributed by atoms with E-state index in [1.165, 1.54) is 36.3 Å². The molecule has 1 rings (SSSR count). The zero-order valence-electron chi connectivity index (χ0n) is 10.9. The molecule has 1 heterocycles. The van der Waals surface area contributed by atoms with Gasteiger partial charge in [0.05, 0.1) is 42.7 Å². The summed E-state index contributed by atoms with van der Waals surface area (Å²) in [5, 5.41) is 0. The molecule has 0 unspecified atom stereocenters. The topological polar surface area (TPSA) is 66.4 Å². The van der Waals surface area contributed by atoms with Crippen molar-refractivity contribution in [3.8, 4) is 0 Å². The zero-order valence-corrected chi connectivity index (χ0v) is 11.7. The van der Waals surface area contributed by atoms with E-state index in [1.54, 1.807) is 6.92 Å². The van der Waals surface area contributed by atoms with Crippen LogP contribution in [0.3, 0.4) is 0 Å². The lowest BCUT2D eigenvalue weighted by atomic mass is 10.3. The largest absolute Gasteiger partial charge is 0.748 e. The van der Waals surface area contributed by atoms with Crippen LogP contribution in [0.25, 0.3) is 0 Å². The van der Waals surface area contributed by atoms with Gasteiger partial charge in [-0.2, -0.15) is 0 Å². The summed E-state index contributed by atoms with van der Waals surface area (Å²) < 4.78 is 35.8. The van der Waals surface area contributed by atoms with Gasteiger partial charge in [-0.25, -0.2) is 8.42 Å². The molecule has 0 atom stereocenters. The summed E-state index contributed by atoms with van der Waals surface area (Å²) in [5.41, 5.74) is 0. The smallest absolute Gasteiger partial charge is 0.102 e. The molecule has 0 aromatic rings. The second-order valence-electron chi connectivity index (χ2n) is 4.29. The molecular formula is C11H23NO4S. The summed E-state index contributed by atoms with van der Waals surface area (Å²) in [6.45, 7) is 9.42. The van der Waals surface area contributed by atoms with Crippen LogP contribution in [0.2, 0.25) is 0 Å². The Kier molecular flexibility index (Phi) is 7.61. The quantitative estimate of drug-likeness (QED) is 0.425.